The molecule has 25 heavy (non-hydrogen) atoms. The van der Waals surface area contributed by atoms with Crippen LogP contribution in [0.4, 0.5) is 0 Å². The molecule has 2 aromatic carbocycles. The first-order chi connectivity index (χ1) is 12.1. The summed E-state index contributed by atoms with van der Waals surface area (Å²) in [6.45, 7) is 0.727. The smallest absolute Gasteiger partial charge is 0.198 e. The van der Waals surface area contributed by atoms with Crippen LogP contribution in [0.2, 0.25) is 0 Å². The van der Waals surface area contributed by atoms with Crippen LogP contribution in [0.1, 0.15) is 26.3 Å². The summed E-state index contributed by atoms with van der Waals surface area (Å²) in [7, 11) is 0. The monoisotopic (exact) mass is 391 g/mol. The molecule has 0 fully saturated rings. The van der Waals surface area contributed by atoms with Crippen molar-refractivity contribution in [3.63, 3.8) is 0 Å². The lowest BCUT2D eigenvalue weighted by molar-refractivity contribution is 0.0988. The fourth-order valence-corrected chi connectivity index (χ4v) is 3.31. The second-order valence-corrected chi connectivity index (χ2v) is 6.88. The lowest BCUT2D eigenvalue weighted by Crippen LogP contribution is -2.13. The number of carbonyl (C=O) groups is 2. The van der Waals surface area contributed by atoms with Gasteiger partial charge in [-0.15, -0.1) is 0 Å². The van der Waals surface area contributed by atoms with E-state index >= 15 is 0 Å². The van der Waals surface area contributed by atoms with E-state index in [1.807, 2.05) is 41.6 Å². The van der Waals surface area contributed by atoms with Gasteiger partial charge in [-0.2, -0.15) is 0 Å². The Kier molecular flexibility index (Phi) is 3.98. The van der Waals surface area contributed by atoms with Gasteiger partial charge in [-0.05, 0) is 35.4 Å². The van der Waals surface area contributed by atoms with Crippen LogP contribution < -0.4 is 0 Å². The first-order valence-electron chi connectivity index (χ1n) is 7.93. The third-order valence-corrected chi connectivity index (χ3v) is 4.86. The van der Waals surface area contributed by atoms with Gasteiger partial charge >= 0.3 is 0 Å². The van der Waals surface area contributed by atoms with Crippen molar-refractivity contribution in [1.82, 2.24) is 4.90 Å². The molecule has 0 radical (unpaired) electrons. The van der Waals surface area contributed by atoms with Gasteiger partial charge in [-0.3, -0.25) is 9.59 Å². The number of hydrogen-bond acceptors (Lipinski definition) is 3. The van der Waals surface area contributed by atoms with Crippen molar-refractivity contribution in [2.45, 2.75) is 6.54 Å². The Morgan fingerprint density at radius 3 is 1.92 bits per heavy atom. The van der Waals surface area contributed by atoms with Crippen LogP contribution in [-0.2, 0) is 6.54 Å². The van der Waals surface area contributed by atoms with Crippen molar-refractivity contribution >= 4 is 27.5 Å². The van der Waals surface area contributed by atoms with Gasteiger partial charge in [0.05, 0.1) is 5.57 Å². The van der Waals surface area contributed by atoms with E-state index in [4.69, 9.17) is 0 Å². The average Bonchev–Trinajstić information content (AvgIpc) is 2.89. The maximum absolute atomic E-state index is 12.5. The molecule has 4 heteroatoms. The van der Waals surface area contributed by atoms with Crippen LogP contribution >= 0.6 is 15.9 Å². The van der Waals surface area contributed by atoms with Gasteiger partial charge < -0.3 is 4.90 Å². The first-order valence-corrected chi connectivity index (χ1v) is 8.72. The maximum Gasteiger partial charge on any atom is 0.198 e. The summed E-state index contributed by atoms with van der Waals surface area (Å²) in [6, 6.07) is 15.1. The lowest BCUT2D eigenvalue weighted by Gasteiger charge is -2.19. The molecule has 3 nitrogen and oxygen atoms in total. The lowest BCUT2D eigenvalue weighted by atomic mass is 10.0. The zero-order valence-corrected chi connectivity index (χ0v) is 14.9. The number of ketones is 2. The van der Waals surface area contributed by atoms with E-state index in [-0.39, 0.29) is 17.1 Å². The number of allylic oxidation sites excluding steroid dienone is 4. The number of carbonyl (C=O) groups excluding carboxylic acids is 2. The summed E-state index contributed by atoms with van der Waals surface area (Å²) in [5, 5.41) is 0. The molecule has 0 aromatic heterocycles. The summed E-state index contributed by atoms with van der Waals surface area (Å²) in [4.78, 5) is 27.1. The SMILES string of the molecule is O=C1C(=C2C=CN(Cc3ccc(Br)cc3)C=C2)C(=O)c2ccccc21. The highest BCUT2D eigenvalue weighted by atomic mass is 79.9. The van der Waals surface area contributed by atoms with Gasteiger partial charge in [0.2, 0.25) is 0 Å². The molecule has 1 aliphatic carbocycles. The van der Waals surface area contributed by atoms with Gasteiger partial charge in [-0.25, -0.2) is 0 Å². The highest BCUT2D eigenvalue weighted by molar-refractivity contribution is 9.10. The molecule has 0 saturated carbocycles. The van der Waals surface area contributed by atoms with E-state index in [0.717, 1.165) is 11.0 Å². The molecule has 0 saturated heterocycles. The minimum absolute atomic E-state index is 0.189. The molecule has 0 N–H and O–H groups in total. The van der Waals surface area contributed by atoms with E-state index in [1.165, 1.54) is 5.56 Å². The van der Waals surface area contributed by atoms with Gasteiger partial charge in [-0.1, -0.05) is 52.3 Å². The van der Waals surface area contributed by atoms with Crippen molar-refractivity contribution in [2.24, 2.45) is 0 Å². The van der Waals surface area contributed by atoms with Crippen molar-refractivity contribution in [1.29, 1.82) is 0 Å². The number of halogens is 1. The quantitative estimate of drug-likeness (QED) is 0.551. The van der Waals surface area contributed by atoms with Crippen molar-refractivity contribution < 1.29 is 9.59 Å². The van der Waals surface area contributed by atoms with Crippen LogP contribution in [0.15, 0.2) is 88.7 Å². The fraction of sp³-hybridized carbons (Fsp3) is 0.0476. The predicted octanol–water partition coefficient (Wildman–Crippen LogP) is 4.67. The van der Waals surface area contributed by atoms with E-state index in [0.29, 0.717) is 16.7 Å². The molecule has 2 aromatic rings. The second-order valence-electron chi connectivity index (χ2n) is 5.96. The minimum atomic E-state index is -0.189. The largest absolute Gasteiger partial charge is 0.350 e. The molecule has 2 aliphatic rings. The van der Waals surface area contributed by atoms with E-state index < -0.39 is 0 Å². The molecular formula is C21H14BrNO2. The van der Waals surface area contributed by atoms with Crippen molar-refractivity contribution in [3.8, 4) is 0 Å². The van der Waals surface area contributed by atoms with Gasteiger partial charge in [0.15, 0.2) is 11.6 Å². The Morgan fingerprint density at radius 1 is 0.800 bits per heavy atom. The highest BCUT2D eigenvalue weighted by Gasteiger charge is 2.34. The molecule has 0 bridgehead atoms. The van der Waals surface area contributed by atoms with Crippen LogP contribution in [0, 0.1) is 0 Å². The first kappa shape index (κ1) is 15.8. The summed E-state index contributed by atoms with van der Waals surface area (Å²) in [6.07, 6.45) is 7.45. The summed E-state index contributed by atoms with van der Waals surface area (Å²) >= 11 is 3.43. The average molecular weight is 392 g/mol. The Hall–Kier alpha value is -2.72. The highest BCUT2D eigenvalue weighted by Crippen LogP contribution is 2.30. The van der Waals surface area contributed by atoms with Crippen LogP contribution in [-0.4, -0.2) is 16.5 Å². The number of nitrogens with zero attached hydrogens (tertiary/aromatic N) is 1. The maximum atomic E-state index is 12.5. The summed E-state index contributed by atoms with van der Waals surface area (Å²) < 4.78 is 1.05. The molecule has 122 valence electrons. The van der Waals surface area contributed by atoms with E-state index in [9.17, 15) is 9.59 Å². The van der Waals surface area contributed by atoms with Crippen LogP contribution in [0.3, 0.4) is 0 Å². The zero-order valence-electron chi connectivity index (χ0n) is 13.3. The standard InChI is InChI=1S/C21H14BrNO2/c22-16-7-5-14(6-8-16)13-23-11-9-15(10-12-23)19-20(24)17-3-1-2-4-18(17)21(19)25/h1-12H,13H2. The Morgan fingerprint density at radius 2 is 1.36 bits per heavy atom. The third-order valence-electron chi connectivity index (χ3n) is 4.33. The Balaban J connectivity index is 1.58. The third kappa shape index (κ3) is 2.89. The number of rotatable bonds is 2. The van der Waals surface area contributed by atoms with Crippen LogP contribution in [0.25, 0.3) is 0 Å². The predicted molar refractivity (Wildman–Crippen MR) is 100 cm³/mol. The van der Waals surface area contributed by atoms with Crippen molar-refractivity contribution in [3.05, 3.63) is 105 Å². The summed E-state index contributed by atoms with van der Waals surface area (Å²) in [5.74, 6) is -0.377. The summed E-state index contributed by atoms with van der Waals surface area (Å²) in [5.41, 5.74) is 3.09. The van der Waals surface area contributed by atoms with Gasteiger partial charge in [0.25, 0.3) is 0 Å². The zero-order chi connectivity index (χ0) is 17.4. The Labute approximate surface area is 154 Å². The number of hydrogen-bond donors (Lipinski definition) is 0. The molecule has 1 heterocycles. The van der Waals surface area contributed by atoms with E-state index in [1.54, 1.807) is 24.3 Å². The number of Topliss-reactive ketones (excluding diaryl/α,β-unsaturated/α-hetero) is 2. The topological polar surface area (TPSA) is 37.4 Å². The van der Waals surface area contributed by atoms with Crippen molar-refractivity contribution in [2.75, 3.05) is 0 Å². The van der Waals surface area contributed by atoms with Gasteiger partial charge in [0, 0.05) is 34.5 Å². The normalized spacial score (nSPS) is 16.0. The molecule has 4 rings (SSSR count). The van der Waals surface area contributed by atoms with Gasteiger partial charge in [0.1, 0.15) is 0 Å². The van der Waals surface area contributed by atoms with Crippen LogP contribution in [0.5, 0.6) is 0 Å². The minimum Gasteiger partial charge on any atom is -0.350 e. The number of benzene rings is 2. The molecule has 0 unspecified atom stereocenters. The number of fused-ring (bicyclic) bond motifs is 1. The molecule has 1 aliphatic heterocycles. The second kappa shape index (κ2) is 6.30. The molecule has 0 amide bonds. The molecule has 0 spiro atoms. The molecular weight excluding hydrogens is 378 g/mol. The Bertz CT molecular complexity index is 915. The fourth-order valence-electron chi connectivity index (χ4n) is 3.04. The molecule has 0 atom stereocenters. The van der Waals surface area contributed by atoms with E-state index in [2.05, 4.69) is 28.1 Å².